The minimum Gasteiger partial charge on any atom is -0.255 e. The molecule has 5 aromatic carbocycles. The fourth-order valence-corrected chi connectivity index (χ4v) is 6.93. The first kappa shape index (κ1) is 29.8. The fraction of sp³-hybridized carbons (Fsp3) is 0. The maximum absolute atomic E-state index is 5.14. The molecule has 5 heterocycles. The monoisotopic (exact) mass is 663 g/mol. The molecule has 52 heavy (non-hydrogen) atoms. The summed E-state index contributed by atoms with van der Waals surface area (Å²) in [6.45, 7) is 0. The quantitative estimate of drug-likeness (QED) is 0.171. The minimum absolute atomic E-state index is 0.820. The van der Waals surface area contributed by atoms with Crippen molar-refractivity contribution in [3.63, 3.8) is 0 Å². The van der Waals surface area contributed by atoms with Crippen LogP contribution in [0.5, 0.6) is 0 Å². The third-order valence-electron chi connectivity index (χ3n) is 9.71. The molecule has 0 saturated heterocycles. The van der Waals surface area contributed by atoms with Crippen molar-refractivity contribution in [2.75, 3.05) is 0 Å². The van der Waals surface area contributed by atoms with Crippen molar-refractivity contribution >= 4 is 43.6 Å². The molecule has 0 bridgehead atoms. The number of pyridine rings is 5. The average molecular weight is 664 g/mol. The summed E-state index contributed by atoms with van der Waals surface area (Å²) in [4.78, 5) is 24.7. The molecule has 0 amide bonds. The number of hydrogen-bond donors (Lipinski definition) is 0. The van der Waals surface area contributed by atoms with Crippen LogP contribution in [-0.2, 0) is 0 Å². The maximum Gasteiger partial charge on any atom is 0.0973 e. The lowest BCUT2D eigenvalue weighted by atomic mass is 9.98. The van der Waals surface area contributed by atoms with Gasteiger partial charge in [-0.25, -0.2) is 19.9 Å². The van der Waals surface area contributed by atoms with Crippen LogP contribution in [0.25, 0.3) is 99.9 Å². The van der Waals surface area contributed by atoms with Crippen molar-refractivity contribution in [1.82, 2.24) is 24.9 Å². The van der Waals surface area contributed by atoms with E-state index in [1.807, 2.05) is 48.5 Å². The van der Waals surface area contributed by atoms with Crippen LogP contribution in [0.3, 0.4) is 0 Å². The van der Waals surface area contributed by atoms with Gasteiger partial charge in [-0.15, -0.1) is 0 Å². The normalized spacial score (nSPS) is 11.5. The van der Waals surface area contributed by atoms with E-state index in [1.165, 1.54) is 0 Å². The van der Waals surface area contributed by atoms with E-state index in [9.17, 15) is 0 Å². The molecule has 0 unspecified atom stereocenters. The Morgan fingerprint density at radius 3 is 1.29 bits per heavy atom. The van der Waals surface area contributed by atoms with Crippen LogP contribution in [0.1, 0.15) is 0 Å². The van der Waals surface area contributed by atoms with E-state index in [-0.39, 0.29) is 0 Å². The molecule has 0 spiro atoms. The van der Waals surface area contributed by atoms with Gasteiger partial charge in [-0.2, -0.15) is 0 Å². The predicted molar refractivity (Wildman–Crippen MR) is 213 cm³/mol. The summed E-state index contributed by atoms with van der Waals surface area (Å²) in [5, 5.41) is 4.29. The van der Waals surface area contributed by atoms with Crippen molar-refractivity contribution in [3.05, 3.63) is 176 Å². The van der Waals surface area contributed by atoms with Crippen LogP contribution >= 0.6 is 0 Å². The summed E-state index contributed by atoms with van der Waals surface area (Å²) >= 11 is 0. The Bertz CT molecular complexity index is 2940. The van der Waals surface area contributed by atoms with Gasteiger partial charge in [0, 0.05) is 33.3 Å². The number of nitrogens with zero attached hydrogens (tertiary/aromatic N) is 5. The van der Waals surface area contributed by atoms with Gasteiger partial charge >= 0.3 is 0 Å². The third-order valence-corrected chi connectivity index (χ3v) is 9.71. The zero-order valence-electron chi connectivity index (χ0n) is 28.0. The molecule has 0 fully saturated rings. The molecule has 0 aliphatic rings. The highest BCUT2D eigenvalue weighted by Crippen LogP contribution is 2.32. The SMILES string of the molecule is c1ccc(-c2ccc3ccc4ccc(-c5ccc6ccc(-c7ccc(-c8ccc9ccc(-c%10ccccn%10)nc9c8)cc7)cc6n5)nc4c3n2)cc1. The highest BCUT2D eigenvalue weighted by Gasteiger charge is 2.11. The molecule has 0 N–H and O–H groups in total. The molecular weight excluding hydrogens is 635 g/mol. The van der Waals surface area contributed by atoms with Crippen LogP contribution in [0, 0.1) is 0 Å². The molecule has 10 aromatic rings. The van der Waals surface area contributed by atoms with E-state index in [0.29, 0.717) is 0 Å². The van der Waals surface area contributed by atoms with Crippen LogP contribution in [0.2, 0.25) is 0 Å². The molecule has 0 aliphatic heterocycles. The first-order valence-electron chi connectivity index (χ1n) is 17.3. The summed E-state index contributed by atoms with van der Waals surface area (Å²) < 4.78 is 0. The number of aromatic nitrogens is 5. The Labute approximate surface area is 300 Å². The summed E-state index contributed by atoms with van der Waals surface area (Å²) in [5.74, 6) is 0. The molecule has 0 radical (unpaired) electrons. The molecule has 0 aliphatic carbocycles. The third kappa shape index (κ3) is 5.42. The van der Waals surface area contributed by atoms with Crippen molar-refractivity contribution in [3.8, 4) is 56.3 Å². The van der Waals surface area contributed by atoms with E-state index in [4.69, 9.17) is 19.9 Å². The first-order valence-corrected chi connectivity index (χ1v) is 17.3. The second-order valence-electron chi connectivity index (χ2n) is 13.0. The highest BCUT2D eigenvalue weighted by atomic mass is 14.8. The second-order valence-corrected chi connectivity index (χ2v) is 13.0. The summed E-state index contributed by atoms with van der Waals surface area (Å²) in [6.07, 6.45) is 1.80. The molecule has 5 heteroatoms. The number of fused-ring (bicyclic) bond motifs is 5. The summed E-state index contributed by atoms with van der Waals surface area (Å²) in [5.41, 5.74) is 13.5. The fourth-order valence-electron chi connectivity index (χ4n) is 6.93. The minimum atomic E-state index is 0.820. The Morgan fingerprint density at radius 2 is 0.712 bits per heavy atom. The molecule has 0 saturated carbocycles. The lowest BCUT2D eigenvalue weighted by Gasteiger charge is -2.09. The highest BCUT2D eigenvalue weighted by molar-refractivity contribution is 6.04. The number of hydrogen-bond acceptors (Lipinski definition) is 5. The van der Waals surface area contributed by atoms with Crippen molar-refractivity contribution in [2.45, 2.75) is 0 Å². The summed E-state index contributed by atoms with van der Waals surface area (Å²) in [6, 6.07) is 58.7. The van der Waals surface area contributed by atoms with Gasteiger partial charge in [0.1, 0.15) is 0 Å². The number of benzene rings is 5. The lowest BCUT2D eigenvalue weighted by molar-refractivity contribution is 1.28. The van der Waals surface area contributed by atoms with Gasteiger partial charge in [-0.3, -0.25) is 4.98 Å². The van der Waals surface area contributed by atoms with E-state index < -0.39 is 0 Å². The van der Waals surface area contributed by atoms with Gasteiger partial charge in [0.15, 0.2) is 0 Å². The van der Waals surface area contributed by atoms with E-state index in [0.717, 1.165) is 99.9 Å². The van der Waals surface area contributed by atoms with Gasteiger partial charge in [0.25, 0.3) is 0 Å². The van der Waals surface area contributed by atoms with Crippen molar-refractivity contribution in [1.29, 1.82) is 0 Å². The molecule has 5 nitrogen and oxygen atoms in total. The molecule has 0 atom stereocenters. The van der Waals surface area contributed by atoms with Crippen LogP contribution in [-0.4, -0.2) is 24.9 Å². The largest absolute Gasteiger partial charge is 0.255 e. The van der Waals surface area contributed by atoms with Crippen molar-refractivity contribution in [2.24, 2.45) is 0 Å². The zero-order valence-corrected chi connectivity index (χ0v) is 28.0. The Balaban J connectivity index is 0.970. The molecular formula is C47H29N5. The lowest BCUT2D eigenvalue weighted by Crippen LogP contribution is -1.93. The smallest absolute Gasteiger partial charge is 0.0973 e. The Morgan fingerprint density at radius 1 is 0.269 bits per heavy atom. The van der Waals surface area contributed by atoms with Crippen LogP contribution in [0.4, 0.5) is 0 Å². The van der Waals surface area contributed by atoms with Crippen LogP contribution in [0.15, 0.2) is 176 Å². The topological polar surface area (TPSA) is 64.5 Å². The van der Waals surface area contributed by atoms with E-state index in [1.54, 1.807) is 6.20 Å². The molecule has 10 rings (SSSR count). The number of rotatable bonds is 5. The van der Waals surface area contributed by atoms with Gasteiger partial charge < -0.3 is 0 Å². The standard InChI is InChI=1S/C47H29N5/c1-2-6-32(7-3-1)39-23-21-35-15-16-36-22-26-43(52-47(36)46(35)51-39)42-25-20-34-14-18-38(29-45(34)50-42)31-11-9-30(10-12-31)37-17-13-33-19-24-41(49-44(33)28-37)40-8-4-5-27-48-40/h1-29H. The van der Waals surface area contributed by atoms with Gasteiger partial charge in [0.2, 0.25) is 0 Å². The van der Waals surface area contributed by atoms with Gasteiger partial charge in [-0.05, 0) is 70.8 Å². The Hall–Kier alpha value is -7.11. The van der Waals surface area contributed by atoms with E-state index in [2.05, 4.69) is 126 Å². The van der Waals surface area contributed by atoms with Gasteiger partial charge in [0.05, 0.1) is 50.5 Å². The van der Waals surface area contributed by atoms with Gasteiger partial charge in [-0.1, -0.05) is 121 Å². The summed E-state index contributed by atoms with van der Waals surface area (Å²) in [7, 11) is 0. The predicted octanol–water partition coefficient (Wildman–Crippen LogP) is 11.6. The molecule has 5 aromatic heterocycles. The van der Waals surface area contributed by atoms with Crippen molar-refractivity contribution < 1.29 is 0 Å². The Kier molecular flexibility index (Phi) is 7.07. The maximum atomic E-state index is 5.14. The van der Waals surface area contributed by atoms with Crippen LogP contribution < -0.4 is 0 Å². The first-order chi connectivity index (χ1) is 25.7. The zero-order chi connectivity index (χ0) is 34.4. The van der Waals surface area contributed by atoms with E-state index >= 15 is 0 Å². The molecule has 242 valence electrons. The average Bonchev–Trinajstić information content (AvgIpc) is 3.23. The second kappa shape index (κ2) is 12.3.